The molecule has 7 heteroatoms. The van der Waals surface area contributed by atoms with Crippen molar-refractivity contribution < 1.29 is 24.5 Å². The van der Waals surface area contributed by atoms with E-state index >= 15 is 0 Å². The molecule has 2 aromatic rings. The number of aliphatic hydroxyl groups is 2. The van der Waals surface area contributed by atoms with Crippen LogP contribution in [0.4, 0.5) is 0 Å². The van der Waals surface area contributed by atoms with Gasteiger partial charge in [0.25, 0.3) is 11.7 Å². The molecule has 1 amide bonds. The number of rotatable bonds is 6. The number of benzene rings is 1. The van der Waals surface area contributed by atoms with E-state index in [4.69, 9.17) is 4.74 Å². The molecule has 0 aliphatic carbocycles. The van der Waals surface area contributed by atoms with Crippen molar-refractivity contribution in [2.45, 2.75) is 13.0 Å². The highest BCUT2D eigenvalue weighted by atomic mass is 16.5. The van der Waals surface area contributed by atoms with Crippen molar-refractivity contribution in [3.63, 3.8) is 0 Å². The number of pyridine rings is 1. The van der Waals surface area contributed by atoms with Gasteiger partial charge < -0.3 is 19.8 Å². The second kappa shape index (κ2) is 8.01. The Morgan fingerprint density at radius 1 is 1.22 bits per heavy atom. The van der Waals surface area contributed by atoms with Gasteiger partial charge in [-0.05, 0) is 42.8 Å². The number of β-amino-alcohol motifs (C(OH)–C–C–N with tert-alkyl or cyclic N) is 1. The smallest absolute Gasteiger partial charge is 0.295 e. The van der Waals surface area contributed by atoms with Gasteiger partial charge in [-0.2, -0.15) is 0 Å². The Morgan fingerprint density at radius 2 is 1.96 bits per heavy atom. The van der Waals surface area contributed by atoms with Crippen molar-refractivity contribution in [2.75, 3.05) is 19.8 Å². The van der Waals surface area contributed by atoms with E-state index in [1.165, 1.54) is 11.1 Å². The molecule has 1 aromatic carbocycles. The van der Waals surface area contributed by atoms with Crippen LogP contribution in [0.2, 0.25) is 0 Å². The van der Waals surface area contributed by atoms with Crippen LogP contribution in [0, 0.1) is 0 Å². The molecule has 3 rings (SSSR count). The summed E-state index contributed by atoms with van der Waals surface area (Å²) >= 11 is 0. The fraction of sp³-hybridized carbons (Fsp3) is 0.250. The molecular formula is C20H20N2O5. The van der Waals surface area contributed by atoms with Gasteiger partial charge in [0.2, 0.25) is 0 Å². The number of hydrogen-bond donors (Lipinski definition) is 2. The topological polar surface area (TPSA) is 100.0 Å². The summed E-state index contributed by atoms with van der Waals surface area (Å²) in [4.78, 5) is 30.4. The predicted octanol–water partition coefficient (Wildman–Crippen LogP) is 1.89. The fourth-order valence-corrected chi connectivity index (χ4v) is 3.13. The maximum atomic E-state index is 12.6. The molecule has 0 bridgehead atoms. The molecule has 0 radical (unpaired) electrons. The Morgan fingerprint density at radius 3 is 2.56 bits per heavy atom. The first-order valence-electron chi connectivity index (χ1n) is 8.61. The number of ether oxygens (including phenoxy) is 1. The van der Waals surface area contributed by atoms with Crippen LogP contribution in [0.25, 0.3) is 5.76 Å². The van der Waals surface area contributed by atoms with Crippen LogP contribution in [0.3, 0.4) is 0 Å². The summed E-state index contributed by atoms with van der Waals surface area (Å²) in [6, 6.07) is 9.21. The number of hydrogen-bond acceptors (Lipinski definition) is 6. The molecule has 1 aliphatic rings. The Labute approximate surface area is 156 Å². The number of aliphatic hydroxyl groups excluding tert-OH is 2. The minimum atomic E-state index is -0.808. The molecule has 1 unspecified atom stereocenters. The summed E-state index contributed by atoms with van der Waals surface area (Å²) in [7, 11) is 0. The molecule has 2 N–H and O–H groups in total. The quantitative estimate of drug-likeness (QED) is 0.459. The molecule has 7 nitrogen and oxygen atoms in total. The van der Waals surface area contributed by atoms with E-state index in [0.29, 0.717) is 23.5 Å². The van der Waals surface area contributed by atoms with Crippen LogP contribution in [0.15, 0.2) is 54.4 Å². The average molecular weight is 368 g/mol. The molecule has 0 spiro atoms. The highest BCUT2D eigenvalue weighted by Crippen LogP contribution is 2.38. The van der Waals surface area contributed by atoms with E-state index in [1.807, 2.05) is 6.92 Å². The van der Waals surface area contributed by atoms with Crippen molar-refractivity contribution >= 4 is 17.4 Å². The molecule has 1 fully saturated rings. The van der Waals surface area contributed by atoms with Gasteiger partial charge in [-0.3, -0.25) is 14.6 Å². The van der Waals surface area contributed by atoms with Crippen molar-refractivity contribution in [2.24, 2.45) is 0 Å². The van der Waals surface area contributed by atoms with Gasteiger partial charge in [0.05, 0.1) is 24.8 Å². The third-order valence-electron chi connectivity index (χ3n) is 4.32. The van der Waals surface area contributed by atoms with Gasteiger partial charge in [-0.15, -0.1) is 0 Å². The molecule has 140 valence electrons. The van der Waals surface area contributed by atoms with Crippen molar-refractivity contribution in [1.29, 1.82) is 0 Å². The standard InChI is InChI=1S/C20H20N2O5/c1-2-27-15-7-5-13(6-8-15)18(24)16-17(14-4-3-9-21-12-14)22(10-11-23)20(26)19(16)25/h3-9,12,17,23-24H,2,10-11H2,1H3/b18-16-. The zero-order chi connectivity index (χ0) is 19.4. The Balaban J connectivity index is 2.10. The molecule has 0 saturated carbocycles. The van der Waals surface area contributed by atoms with Crippen LogP contribution in [0.1, 0.15) is 24.1 Å². The van der Waals surface area contributed by atoms with E-state index in [9.17, 15) is 19.8 Å². The molecule has 1 aliphatic heterocycles. The Bertz CT molecular complexity index is 862. The molecule has 1 saturated heterocycles. The number of carbonyl (C=O) groups is 2. The summed E-state index contributed by atoms with van der Waals surface area (Å²) in [5.41, 5.74) is 0.956. The first kappa shape index (κ1) is 18.6. The van der Waals surface area contributed by atoms with Crippen LogP contribution in [-0.4, -0.2) is 51.5 Å². The van der Waals surface area contributed by atoms with Crippen LogP contribution < -0.4 is 4.74 Å². The Hall–Kier alpha value is -3.19. The van der Waals surface area contributed by atoms with Crippen molar-refractivity contribution in [1.82, 2.24) is 9.88 Å². The van der Waals surface area contributed by atoms with Gasteiger partial charge in [0, 0.05) is 24.5 Å². The summed E-state index contributed by atoms with van der Waals surface area (Å²) in [6.07, 6.45) is 3.11. The minimum absolute atomic E-state index is 0.0226. The lowest BCUT2D eigenvalue weighted by Gasteiger charge is -2.24. The summed E-state index contributed by atoms with van der Waals surface area (Å²) in [5, 5.41) is 20.1. The largest absolute Gasteiger partial charge is 0.507 e. The van der Waals surface area contributed by atoms with Crippen LogP contribution in [-0.2, 0) is 9.59 Å². The molecule has 1 aromatic heterocycles. The number of Topliss-reactive ketones (excluding diaryl/α,β-unsaturated/α-hetero) is 1. The molecular weight excluding hydrogens is 348 g/mol. The second-order valence-electron chi connectivity index (χ2n) is 5.96. The number of ketones is 1. The summed E-state index contributed by atoms with van der Waals surface area (Å²) in [6.45, 7) is 2.06. The van der Waals surface area contributed by atoms with Gasteiger partial charge >= 0.3 is 0 Å². The summed E-state index contributed by atoms with van der Waals surface area (Å²) < 4.78 is 5.38. The minimum Gasteiger partial charge on any atom is -0.507 e. The first-order chi connectivity index (χ1) is 13.1. The first-order valence-corrected chi connectivity index (χ1v) is 8.61. The predicted molar refractivity (Wildman–Crippen MR) is 97.9 cm³/mol. The molecule has 1 atom stereocenters. The van der Waals surface area contributed by atoms with E-state index in [2.05, 4.69) is 4.98 Å². The SMILES string of the molecule is CCOc1ccc(/C(O)=C2/C(=O)C(=O)N(CCO)C2c2cccnc2)cc1. The van der Waals surface area contributed by atoms with Crippen LogP contribution >= 0.6 is 0 Å². The number of amides is 1. The lowest BCUT2D eigenvalue weighted by Crippen LogP contribution is -2.32. The number of nitrogens with zero attached hydrogens (tertiary/aromatic N) is 2. The highest BCUT2D eigenvalue weighted by molar-refractivity contribution is 6.46. The maximum Gasteiger partial charge on any atom is 0.295 e. The van der Waals surface area contributed by atoms with Gasteiger partial charge in [-0.1, -0.05) is 6.07 Å². The van der Waals surface area contributed by atoms with Gasteiger partial charge in [0.1, 0.15) is 11.5 Å². The number of carbonyl (C=O) groups excluding carboxylic acids is 2. The van der Waals surface area contributed by atoms with Crippen molar-refractivity contribution in [3.05, 3.63) is 65.5 Å². The number of aromatic nitrogens is 1. The summed E-state index contributed by atoms with van der Waals surface area (Å²) in [5.74, 6) is -1.18. The third-order valence-corrected chi connectivity index (χ3v) is 4.32. The maximum absolute atomic E-state index is 12.6. The van der Waals surface area contributed by atoms with Crippen LogP contribution in [0.5, 0.6) is 5.75 Å². The normalized spacial score (nSPS) is 18.7. The van der Waals surface area contributed by atoms with E-state index < -0.39 is 17.7 Å². The Kier molecular flexibility index (Phi) is 5.52. The lowest BCUT2D eigenvalue weighted by molar-refractivity contribution is -0.140. The van der Waals surface area contributed by atoms with E-state index in [1.54, 1.807) is 42.6 Å². The lowest BCUT2D eigenvalue weighted by atomic mass is 9.96. The van der Waals surface area contributed by atoms with Gasteiger partial charge in [-0.25, -0.2) is 0 Å². The zero-order valence-electron chi connectivity index (χ0n) is 14.8. The highest BCUT2D eigenvalue weighted by Gasteiger charge is 2.45. The number of likely N-dealkylation sites (tertiary alicyclic amines) is 1. The third kappa shape index (κ3) is 3.54. The zero-order valence-corrected chi connectivity index (χ0v) is 14.8. The molecule has 2 heterocycles. The van der Waals surface area contributed by atoms with E-state index in [-0.39, 0.29) is 24.5 Å². The monoisotopic (exact) mass is 368 g/mol. The van der Waals surface area contributed by atoms with Gasteiger partial charge in [0.15, 0.2) is 0 Å². The van der Waals surface area contributed by atoms with E-state index in [0.717, 1.165) is 0 Å². The van der Waals surface area contributed by atoms with Crippen molar-refractivity contribution in [3.8, 4) is 5.75 Å². The fourth-order valence-electron chi connectivity index (χ4n) is 3.13. The average Bonchev–Trinajstić information content (AvgIpc) is 2.94. The molecule has 27 heavy (non-hydrogen) atoms. The second-order valence-corrected chi connectivity index (χ2v) is 5.96.